The van der Waals surface area contributed by atoms with E-state index in [0.717, 1.165) is 24.4 Å². The maximum absolute atomic E-state index is 5.71. The quantitative estimate of drug-likeness (QED) is 0.722. The lowest BCUT2D eigenvalue weighted by Crippen LogP contribution is -2.27. The van der Waals surface area contributed by atoms with Gasteiger partial charge in [-0.2, -0.15) is 0 Å². The summed E-state index contributed by atoms with van der Waals surface area (Å²) in [6.07, 6.45) is 2.78. The standard InChI is InChI=1S/C12H15NO/c1-2-4-11(5-3-1)14-9-13-7-6-10-8-12(10)13/h1-5,10,12H,6-9H2. The molecule has 0 bridgehead atoms. The minimum atomic E-state index is 0.769. The summed E-state index contributed by atoms with van der Waals surface area (Å²) in [7, 11) is 0. The van der Waals surface area contributed by atoms with Gasteiger partial charge in [0.1, 0.15) is 12.5 Å². The van der Waals surface area contributed by atoms with Gasteiger partial charge in [-0.05, 0) is 30.9 Å². The number of piperidine rings is 1. The lowest BCUT2D eigenvalue weighted by molar-refractivity contribution is 0.135. The van der Waals surface area contributed by atoms with Gasteiger partial charge in [-0.15, -0.1) is 0 Å². The molecule has 0 radical (unpaired) electrons. The second kappa shape index (κ2) is 3.28. The van der Waals surface area contributed by atoms with Crippen molar-refractivity contribution in [3.63, 3.8) is 0 Å². The third-order valence-electron chi connectivity index (χ3n) is 3.28. The van der Waals surface area contributed by atoms with Crippen LogP contribution in [0.3, 0.4) is 0 Å². The van der Waals surface area contributed by atoms with E-state index in [1.165, 1.54) is 19.4 Å². The number of para-hydroxylation sites is 1. The summed E-state index contributed by atoms with van der Waals surface area (Å²) >= 11 is 0. The lowest BCUT2D eigenvalue weighted by atomic mass is 10.3. The van der Waals surface area contributed by atoms with E-state index in [2.05, 4.69) is 4.90 Å². The summed E-state index contributed by atoms with van der Waals surface area (Å²) in [5, 5.41) is 0. The van der Waals surface area contributed by atoms with Crippen LogP contribution in [0, 0.1) is 5.92 Å². The van der Waals surface area contributed by atoms with E-state index in [0.29, 0.717) is 0 Å². The fraction of sp³-hybridized carbons (Fsp3) is 0.500. The zero-order valence-corrected chi connectivity index (χ0v) is 8.23. The minimum absolute atomic E-state index is 0.769. The van der Waals surface area contributed by atoms with Crippen molar-refractivity contribution in [3.8, 4) is 5.75 Å². The van der Waals surface area contributed by atoms with Crippen molar-refractivity contribution in [2.24, 2.45) is 5.92 Å². The molecule has 1 heterocycles. The number of fused-ring (bicyclic) bond motifs is 1. The van der Waals surface area contributed by atoms with Gasteiger partial charge in [-0.1, -0.05) is 18.2 Å². The van der Waals surface area contributed by atoms with Crippen molar-refractivity contribution >= 4 is 0 Å². The third kappa shape index (κ3) is 1.50. The lowest BCUT2D eigenvalue weighted by Gasteiger charge is -2.17. The highest BCUT2D eigenvalue weighted by molar-refractivity contribution is 5.20. The largest absolute Gasteiger partial charge is 0.478 e. The molecule has 2 fully saturated rings. The van der Waals surface area contributed by atoms with Gasteiger partial charge in [0.15, 0.2) is 0 Å². The molecular formula is C12H15NO. The molecular weight excluding hydrogens is 174 g/mol. The van der Waals surface area contributed by atoms with Gasteiger partial charge in [0.05, 0.1) is 0 Å². The molecule has 0 N–H and O–H groups in total. The molecule has 0 aromatic heterocycles. The van der Waals surface area contributed by atoms with E-state index in [9.17, 15) is 0 Å². The molecule has 1 saturated heterocycles. The molecule has 2 nitrogen and oxygen atoms in total. The fourth-order valence-electron chi connectivity index (χ4n) is 2.32. The van der Waals surface area contributed by atoms with Gasteiger partial charge < -0.3 is 4.74 Å². The highest BCUT2D eigenvalue weighted by Gasteiger charge is 2.46. The second-order valence-electron chi connectivity index (χ2n) is 4.25. The van der Waals surface area contributed by atoms with Crippen molar-refractivity contribution in [1.29, 1.82) is 0 Å². The Hall–Kier alpha value is -1.02. The Balaban J connectivity index is 1.54. The van der Waals surface area contributed by atoms with Crippen LogP contribution in [0.25, 0.3) is 0 Å². The van der Waals surface area contributed by atoms with Gasteiger partial charge in [-0.25, -0.2) is 0 Å². The number of rotatable bonds is 3. The van der Waals surface area contributed by atoms with Crippen LogP contribution in [0.4, 0.5) is 0 Å². The highest BCUT2D eigenvalue weighted by atomic mass is 16.5. The molecule has 1 aliphatic carbocycles. The number of nitrogens with zero attached hydrogens (tertiary/aromatic N) is 1. The molecule has 2 heteroatoms. The highest BCUT2D eigenvalue weighted by Crippen LogP contribution is 2.44. The number of ether oxygens (including phenoxy) is 1. The van der Waals surface area contributed by atoms with Crippen LogP contribution in [0.2, 0.25) is 0 Å². The monoisotopic (exact) mass is 189 g/mol. The Morgan fingerprint density at radius 3 is 2.79 bits per heavy atom. The van der Waals surface area contributed by atoms with Crippen LogP contribution in [0.15, 0.2) is 30.3 Å². The maximum Gasteiger partial charge on any atom is 0.142 e. The topological polar surface area (TPSA) is 12.5 Å². The van der Waals surface area contributed by atoms with E-state index < -0.39 is 0 Å². The summed E-state index contributed by atoms with van der Waals surface area (Å²) in [4.78, 5) is 2.46. The SMILES string of the molecule is c1ccc(OCN2CCC3CC32)cc1. The van der Waals surface area contributed by atoms with Gasteiger partial charge >= 0.3 is 0 Å². The average Bonchev–Trinajstić information content (AvgIpc) is 2.92. The molecule has 14 heavy (non-hydrogen) atoms. The first kappa shape index (κ1) is 8.30. The summed E-state index contributed by atoms with van der Waals surface area (Å²) < 4.78 is 5.71. The Morgan fingerprint density at radius 1 is 1.29 bits per heavy atom. The van der Waals surface area contributed by atoms with Crippen molar-refractivity contribution in [2.75, 3.05) is 13.3 Å². The Labute approximate surface area is 84.5 Å². The van der Waals surface area contributed by atoms with Crippen LogP contribution in [-0.4, -0.2) is 24.2 Å². The molecule has 1 aromatic rings. The van der Waals surface area contributed by atoms with Crippen molar-refractivity contribution in [1.82, 2.24) is 4.90 Å². The van der Waals surface area contributed by atoms with Crippen LogP contribution in [0.5, 0.6) is 5.75 Å². The molecule has 2 aliphatic rings. The minimum Gasteiger partial charge on any atom is -0.478 e. The number of hydrogen-bond donors (Lipinski definition) is 0. The second-order valence-corrected chi connectivity index (χ2v) is 4.25. The number of benzene rings is 1. The third-order valence-corrected chi connectivity index (χ3v) is 3.28. The number of hydrogen-bond acceptors (Lipinski definition) is 2. The van der Waals surface area contributed by atoms with Crippen LogP contribution < -0.4 is 4.74 Å². The average molecular weight is 189 g/mol. The van der Waals surface area contributed by atoms with E-state index in [-0.39, 0.29) is 0 Å². The van der Waals surface area contributed by atoms with Crippen molar-refractivity contribution in [3.05, 3.63) is 30.3 Å². The molecule has 2 atom stereocenters. The van der Waals surface area contributed by atoms with Crippen LogP contribution >= 0.6 is 0 Å². The molecule has 2 unspecified atom stereocenters. The van der Waals surface area contributed by atoms with Crippen LogP contribution in [0.1, 0.15) is 12.8 Å². The zero-order valence-electron chi connectivity index (χ0n) is 8.23. The van der Waals surface area contributed by atoms with E-state index in [1.807, 2.05) is 30.3 Å². The first-order valence-electron chi connectivity index (χ1n) is 5.35. The van der Waals surface area contributed by atoms with Crippen molar-refractivity contribution < 1.29 is 4.74 Å². The summed E-state index contributed by atoms with van der Waals surface area (Å²) in [6, 6.07) is 10.9. The van der Waals surface area contributed by atoms with Gasteiger partial charge in [0.25, 0.3) is 0 Å². The Morgan fingerprint density at radius 2 is 2.14 bits per heavy atom. The molecule has 3 rings (SSSR count). The summed E-state index contributed by atoms with van der Waals surface area (Å²) in [5.41, 5.74) is 0. The number of likely N-dealkylation sites (tertiary alicyclic amines) is 1. The molecule has 0 spiro atoms. The molecule has 1 aliphatic heterocycles. The molecule has 74 valence electrons. The molecule has 1 aromatic carbocycles. The Kier molecular flexibility index (Phi) is 1.95. The Bertz CT molecular complexity index is 311. The van der Waals surface area contributed by atoms with Gasteiger partial charge in [-0.3, -0.25) is 4.90 Å². The van der Waals surface area contributed by atoms with E-state index >= 15 is 0 Å². The van der Waals surface area contributed by atoms with Crippen molar-refractivity contribution in [2.45, 2.75) is 18.9 Å². The first-order chi connectivity index (χ1) is 6.93. The maximum atomic E-state index is 5.71. The predicted octanol–water partition coefficient (Wildman–Crippen LogP) is 2.12. The van der Waals surface area contributed by atoms with E-state index in [4.69, 9.17) is 4.74 Å². The molecule has 1 saturated carbocycles. The summed E-state index contributed by atoms with van der Waals surface area (Å²) in [6.45, 7) is 1.99. The fourth-order valence-corrected chi connectivity index (χ4v) is 2.32. The zero-order chi connectivity index (χ0) is 9.38. The summed E-state index contributed by atoms with van der Waals surface area (Å²) in [5.74, 6) is 1.98. The predicted molar refractivity (Wildman–Crippen MR) is 55.2 cm³/mol. The molecule has 0 amide bonds. The normalized spacial score (nSPS) is 30.0. The van der Waals surface area contributed by atoms with Gasteiger partial charge in [0.2, 0.25) is 0 Å². The van der Waals surface area contributed by atoms with Crippen LogP contribution in [-0.2, 0) is 0 Å². The van der Waals surface area contributed by atoms with E-state index in [1.54, 1.807) is 0 Å². The van der Waals surface area contributed by atoms with Gasteiger partial charge in [0, 0.05) is 12.6 Å². The smallest absolute Gasteiger partial charge is 0.142 e. The first-order valence-corrected chi connectivity index (χ1v) is 5.35.